The molecule has 0 aliphatic heterocycles. The van der Waals surface area contributed by atoms with Gasteiger partial charge < -0.3 is 14.3 Å². The molecule has 4 nitrogen and oxygen atoms in total. The zero-order valence-electron chi connectivity index (χ0n) is 12.7. The van der Waals surface area contributed by atoms with Crippen LogP contribution in [-0.4, -0.2) is 17.2 Å². The first-order chi connectivity index (χ1) is 10.7. The molecule has 22 heavy (non-hydrogen) atoms. The van der Waals surface area contributed by atoms with Crippen LogP contribution in [0.4, 0.5) is 0 Å². The number of rotatable bonds is 5. The van der Waals surface area contributed by atoms with Gasteiger partial charge in [-0.2, -0.15) is 0 Å². The fourth-order valence-corrected chi connectivity index (χ4v) is 2.65. The van der Waals surface area contributed by atoms with Gasteiger partial charge in [0.25, 0.3) is 0 Å². The quantitative estimate of drug-likeness (QED) is 0.776. The average Bonchev–Trinajstić information content (AvgIpc) is 3.00. The van der Waals surface area contributed by atoms with Gasteiger partial charge in [0.15, 0.2) is 11.2 Å². The Bertz CT molecular complexity index is 730. The fourth-order valence-electron chi connectivity index (χ4n) is 2.65. The SMILES string of the molecule is CCC[C@@](O)(c1ccc(OC)cc1)c1nc2ccccc2o1. The molecule has 1 aromatic heterocycles. The van der Waals surface area contributed by atoms with Gasteiger partial charge in [0.2, 0.25) is 5.89 Å². The number of benzene rings is 2. The van der Waals surface area contributed by atoms with Gasteiger partial charge >= 0.3 is 0 Å². The minimum Gasteiger partial charge on any atom is -0.497 e. The van der Waals surface area contributed by atoms with Crippen molar-refractivity contribution in [3.63, 3.8) is 0 Å². The Labute approximate surface area is 129 Å². The van der Waals surface area contributed by atoms with Gasteiger partial charge in [-0.15, -0.1) is 0 Å². The van der Waals surface area contributed by atoms with E-state index < -0.39 is 5.60 Å². The number of hydrogen-bond acceptors (Lipinski definition) is 4. The molecule has 0 amide bonds. The third kappa shape index (κ3) is 2.46. The minimum atomic E-state index is -1.24. The molecule has 0 aliphatic rings. The van der Waals surface area contributed by atoms with Crippen molar-refractivity contribution < 1.29 is 14.3 Å². The summed E-state index contributed by atoms with van der Waals surface area (Å²) in [6.07, 6.45) is 1.34. The number of aliphatic hydroxyl groups is 1. The summed E-state index contributed by atoms with van der Waals surface area (Å²) in [6.45, 7) is 2.02. The molecule has 1 N–H and O–H groups in total. The molecule has 3 aromatic rings. The average molecular weight is 297 g/mol. The number of oxazole rings is 1. The third-order valence-corrected chi connectivity index (χ3v) is 3.83. The van der Waals surface area contributed by atoms with Crippen LogP contribution in [-0.2, 0) is 5.60 Å². The van der Waals surface area contributed by atoms with Crippen molar-refractivity contribution in [1.82, 2.24) is 4.98 Å². The number of fused-ring (bicyclic) bond motifs is 1. The molecular weight excluding hydrogens is 278 g/mol. The number of aromatic nitrogens is 1. The highest BCUT2D eigenvalue weighted by Gasteiger charge is 2.36. The van der Waals surface area contributed by atoms with E-state index in [1.54, 1.807) is 7.11 Å². The molecule has 0 radical (unpaired) electrons. The summed E-state index contributed by atoms with van der Waals surface area (Å²) in [5, 5.41) is 11.2. The van der Waals surface area contributed by atoms with Crippen molar-refractivity contribution in [3.05, 3.63) is 60.0 Å². The Morgan fingerprint density at radius 1 is 1.14 bits per heavy atom. The highest BCUT2D eigenvalue weighted by molar-refractivity contribution is 5.72. The lowest BCUT2D eigenvalue weighted by Crippen LogP contribution is -2.27. The first-order valence-electron chi connectivity index (χ1n) is 7.40. The molecule has 3 rings (SSSR count). The lowest BCUT2D eigenvalue weighted by Gasteiger charge is -2.25. The lowest BCUT2D eigenvalue weighted by molar-refractivity contribution is 0.0430. The molecule has 1 atom stereocenters. The van der Waals surface area contributed by atoms with E-state index in [2.05, 4.69) is 4.98 Å². The topological polar surface area (TPSA) is 55.5 Å². The Hall–Kier alpha value is -2.33. The maximum absolute atomic E-state index is 11.2. The third-order valence-electron chi connectivity index (χ3n) is 3.83. The molecule has 0 unspecified atom stereocenters. The summed E-state index contributed by atoms with van der Waals surface area (Å²) in [5.74, 6) is 1.08. The minimum absolute atomic E-state index is 0.334. The van der Waals surface area contributed by atoms with E-state index in [4.69, 9.17) is 9.15 Å². The zero-order valence-corrected chi connectivity index (χ0v) is 12.7. The van der Waals surface area contributed by atoms with Crippen LogP contribution in [0.1, 0.15) is 31.2 Å². The van der Waals surface area contributed by atoms with Crippen molar-refractivity contribution in [2.75, 3.05) is 7.11 Å². The van der Waals surface area contributed by atoms with Crippen LogP contribution < -0.4 is 4.74 Å². The summed E-state index contributed by atoms with van der Waals surface area (Å²) in [4.78, 5) is 4.47. The second-order valence-electron chi connectivity index (χ2n) is 5.33. The van der Waals surface area contributed by atoms with Crippen molar-refractivity contribution >= 4 is 11.1 Å². The van der Waals surface area contributed by atoms with Crippen molar-refractivity contribution in [2.24, 2.45) is 0 Å². The largest absolute Gasteiger partial charge is 0.497 e. The monoisotopic (exact) mass is 297 g/mol. The predicted molar refractivity (Wildman–Crippen MR) is 84.9 cm³/mol. The normalized spacial score (nSPS) is 14.0. The molecule has 0 saturated carbocycles. The van der Waals surface area contributed by atoms with Gasteiger partial charge in [0.05, 0.1) is 7.11 Å². The molecule has 0 aliphatic carbocycles. The van der Waals surface area contributed by atoms with Gasteiger partial charge in [-0.05, 0) is 36.2 Å². The van der Waals surface area contributed by atoms with E-state index >= 15 is 0 Å². The highest BCUT2D eigenvalue weighted by atomic mass is 16.5. The number of methoxy groups -OCH3 is 1. The second-order valence-corrected chi connectivity index (χ2v) is 5.33. The maximum Gasteiger partial charge on any atom is 0.232 e. The molecule has 4 heteroatoms. The van der Waals surface area contributed by atoms with E-state index in [0.717, 1.165) is 23.3 Å². The molecule has 0 spiro atoms. The fraction of sp³-hybridized carbons (Fsp3) is 0.278. The Balaban J connectivity index is 2.09. The molecular formula is C18H19NO3. The molecule has 2 aromatic carbocycles. The Morgan fingerprint density at radius 2 is 1.86 bits per heavy atom. The number of hydrogen-bond donors (Lipinski definition) is 1. The summed E-state index contributed by atoms with van der Waals surface area (Å²) in [5.41, 5.74) is 0.947. The molecule has 0 bridgehead atoms. The number of nitrogens with zero attached hydrogens (tertiary/aromatic N) is 1. The van der Waals surface area contributed by atoms with Crippen LogP contribution in [0.25, 0.3) is 11.1 Å². The summed E-state index contributed by atoms with van der Waals surface area (Å²) < 4.78 is 11.0. The van der Waals surface area contributed by atoms with Crippen LogP contribution in [0.5, 0.6) is 5.75 Å². The van der Waals surface area contributed by atoms with E-state index in [1.165, 1.54) is 0 Å². The van der Waals surface area contributed by atoms with Gasteiger partial charge in [0.1, 0.15) is 11.3 Å². The second kappa shape index (κ2) is 5.81. The summed E-state index contributed by atoms with van der Waals surface area (Å²) in [7, 11) is 1.62. The van der Waals surface area contributed by atoms with Crippen LogP contribution in [0.3, 0.4) is 0 Å². The Morgan fingerprint density at radius 3 is 2.50 bits per heavy atom. The van der Waals surface area contributed by atoms with Crippen LogP contribution in [0.2, 0.25) is 0 Å². The van der Waals surface area contributed by atoms with Gasteiger partial charge in [-0.1, -0.05) is 37.6 Å². The van der Waals surface area contributed by atoms with E-state index in [9.17, 15) is 5.11 Å². The zero-order chi connectivity index (χ0) is 15.6. The number of ether oxygens (including phenoxy) is 1. The first-order valence-corrected chi connectivity index (χ1v) is 7.40. The van der Waals surface area contributed by atoms with E-state index in [0.29, 0.717) is 17.9 Å². The van der Waals surface area contributed by atoms with Gasteiger partial charge in [0, 0.05) is 0 Å². The number of para-hydroxylation sites is 2. The smallest absolute Gasteiger partial charge is 0.232 e. The summed E-state index contributed by atoms with van der Waals surface area (Å²) >= 11 is 0. The van der Waals surface area contributed by atoms with E-state index in [-0.39, 0.29) is 0 Å². The van der Waals surface area contributed by atoms with Gasteiger partial charge in [-0.25, -0.2) is 4.98 Å². The first kappa shape index (κ1) is 14.6. The lowest BCUT2D eigenvalue weighted by atomic mass is 9.89. The van der Waals surface area contributed by atoms with Crippen molar-refractivity contribution in [3.8, 4) is 5.75 Å². The molecule has 114 valence electrons. The van der Waals surface area contributed by atoms with Crippen molar-refractivity contribution in [2.45, 2.75) is 25.4 Å². The van der Waals surface area contributed by atoms with Crippen molar-refractivity contribution in [1.29, 1.82) is 0 Å². The molecule has 0 saturated heterocycles. The predicted octanol–water partition coefficient (Wildman–Crippen LogP) is 3.87. The standard InChI is InChI=1S/C18H19NO3/c1-3-12-18(20,13-8-10-14(21-2)11-9-13)17-19-15-6-4-5-7-16(15)22-17/h4-11,20H,3,12H2,1-2H3/t18-/m1/s1. The molecule has 1 heterocycles. The Kier molecular flexibility index (Phi) is 3.86. The maximum atomic E-state index is 11.2. The van der Waals surface area contributed by atoms with E-state index in [1.807, 2.05) is 55.5 Å². The van der Waals surface area contributed by atoms with Gasteiger partial charge in [-0.3, -0.25) is 0 Å². The van der Waals surface area contributed by atoms with Crippen LogP contribution >= 0.6 is 0 Å². The molecule has 0 fully saturated rings. The van der Waals surface area contributed by atoms with Crippen LogP contribution in [0, 0.1) is 0 Å². The highest BCUT2D eigenvalue weighted by Crippen LogP contribution is 2.35. The summed E-state index contributed by atoms with van der Waals surface area (Å²) in [6, 6.07) is 14.9. The van der Waals surface area contributed by atoms with Crippen LogP contribution in [0.15, 0.2) is 52.9 Å².